The molecule has 1 aliphatic rings. The zero-order valence-electron chi connectivity index (χ0n) is 14.5. The highest BCUT2D eigenvalue weighted by Gasteiger charge is 2.38. The van der Waals surface area contributed by atoms with Crippen LogP contribution >= 0.6 is 0 Å². The molecule has 2 N–H and O–H groups in total. The maximum atomic E-state index is 13.6. The van der Waals surface area contributed by atoms with Gasteiger partial charge in [0.15, 0.2) is 17.5 Å². The second kappa shape index (κ2) is 8.12. The number of nitrogens with one attached hydrogen (secondary N) is 2. The van der Waals surface area contributed by atoms with Crippen LogP contribution in [-0.4, -0.2) is 35.3 Å². The number of benzene rings is 2. The molecule has 0 spiro atoms. The maximum absolute atomic E-state index is 13.6. The summed E-state index contributed by atoms with van der Waals surface area (Å²) in [5.41, 5.74) is 0.389. The fourth-order valence-electron chi connectivity index (χ4n) is 2.82. The number of hydrogen-bond donors (Lipinski definition) is 2. The van der Waals surface area contributed by atoms with E-state index in [0.29, 0.717) is 12.5 Å². The third-order valence-corrected chi connectivity index (χ3v) is 4.27. The monoisotopic (exact) mass is 391 g/mol. The first-order valence-corrected chi connectivity index (χ1v) is 8.46. The van der Waals surface area contributed by atoms with Gasteiger partial charge >= 0.3 is 6.03 Å². The summed E-state index contributed by atoms with van der Waals surface area (Å²) in [7, 11) is 0. The zero-order chi connectivity index (χ0) is 20.3. The van der Waals surface area contributed by atoms with Gasteiger partial charge in [-0.2, -0.15) is 0 Å². The topological polar surface area (TPSA) is 78.5 Å². The third-order valence-electron chi connectivity index (χ3n) is 4.27. The maximum Gasteiger partial charge on any atom is 0.324 e. The Hall–Kier alpha value is -3.36. The quantitative estimate of drug-likeness (QED) is 0.587. The Bertz CT molecular complexity index is 921. The van der Waals surface area contributed by atoms with Gasteiger partial charge in [0, 0.05) is 6.54 Å². The van der Waals surface area contributed by atoms with Gasteiger partial charge in [0.05, 0.1) is 12.1 Å². The number of anilines is 1. The van der Waals surface area contributed by atoms with Gasteiger partial charge in [-0.1, -0.05) is 30.3 Å². The molecule has 1 aliphatic heterocycles. The first kappa shape index (κ1) is 19.4. The summed E-state index contributed by atoms with van der Waals surface area (Å²) in [6, 6.07) is 9.04. The average molecular weight is 391 g/mol. The van der Waals surface area contributed by atoms with Gasteiger partial charge in [-0.3, -0.25) is 14.5 Å². The van der Waals surface area contributed by atoms with Crippen LogP contribution in [0.25, 0.3) is 0 Å². The number of urea groups is 1. The molecule has 0 saturated carbocycles. The lowest BCUT2D eigenvalue weighted by molar-refractivity contribution is -0.129. The fourth-order valence-corrected chi connectivity index (χ4v) is 2.82. The van der Waals surface area contributed by atoms with Crippen LogP contribution < -0.4 is 10.6 Å². The number of carbonyl (C=O) groups is 3. The summed E-state index contributed by atoms with van der Waals surface area (Å²) in [4.78, 5) is 37.4. The van der Waals surface area contributed by atoms with Crippen LogP contribution in [0.3, 0.4) is 0 Å². The minimum Gasteiger partial charge on any atom is -0.325 e. The molecule has 1 saturated heterocycles. The Labute approximate surface area is 158 Å². The molecule has 0 aromatic heterocycles. The van der Waals surface area contributed by atoms with E-state index in [-0.39, 0.29) is 6.54 Å². The van der Waals surface area contributed by atoms with Crippen molar-refractivity contribution in [3.8, 4) is 0 Å². The van der Waals surface area contributed by atoms with Crippen molar-refractivity contribution in [3.63, 3.8) is 0 Å². The van der Waals surface area contributed by atoms with Crippen molar-refractivity contribution in [2.75, 3.05) is 11.9 Å². The van der Waals surface area contributed by atoms with Gasteiger partial charge in [0.2, 0.25) is 5.91 Å². The Kier molecular flexibility index (Phi) is 5.62. The predicted molar refractivity (Wildman–Crippen MR) is 93.7 cm³/mol. The number of hydrogen-bond acceptors (Lipinski definition) is 3. The molecule has 2 aromatic carbocycles. The molecule has 4 amide bonds. The van der Waals surface area contributed by atoms with E-state index in [2.05, 4.69) is 10.6 Å². The second-order valence-electron chi connectivity index (χ2n) is 6.20. The summed E-state index contributed by atoms with van der Waals surface area (Å²) >= 11 is 0. The molecular weight excluding hydrogens is 375 g/mol. The first-order chi connectivity index (χ1) is 13.4. The molecular formula is C19H16F3N3O3. The van der Waals surface area contributed by atoms with Crippen LogP contribution in [0.15, 0.2) is 42.5 Å². The van der Waals surface area contributed by atoms with Gasteiger partial charge < -0.3 is 10.6 Å². The largest absolute Gasteiger partial charge is 0.325 e. The molecule has 2 aromatic rings. The molecule has 146 valence electrons. The lowest BCUT2D eigenvalue weighted by Gasteiger charge is -2.13. The van der Waals surface area contributed by atoms with E-state index >= 15 is 0 Å². The Morgan fingerprint density at radius 3 is 2.46 bits per heavy atom. The van der Waals surface area contributed by atoms with E-state index in [0.717, 1.165) is 16.5 Å². The second-order valence-corrected chi connectivity index (χ2v) is 6.20. The predicted octanol–water partition coefficient (Wildman–Crippen LogP) is 2.60. The third kappa shape index (κ3) is 4.13. The smallest absolute Gasteiger partial charge is 0.324 e. The standard InChI is InChI=1S/C19H16F3N3O3/c20-12-6-7-13(17(22)16(12)21)23-15(26)10-14-18(27)25(19(28)24-14)9-8-11-4-2-1-3-5-11/h1-7,14H,8-10H2,(H,23,26)(H,24,28). The molecule has 0 aliphatic carbocycles. The Morgan fingerprint density at radius 2 is 1.75 bits per heavy atom. The van der Waals surface area contributed by atoms with Crippen molar-refractivity contribution in [1.29, 1.82) is 0 Å². The first-order valence-electron chi connectivity index (χ1n) is 8.46. The highest BCUT2D eigenvalue weighted by Crippen LogP contribution is 2.20. The summed E-state index contributed by atoms with van der Waals surface area (Å²) < 4.78 is 39.8. The van der Waals surface area contributed by atoms with E-state index in [4.69, 9.17) is 0 Å². The number of nitrogens with zero attached hydrogens (tertiary/aromatic N) is 1. The van der Waals surface area contributed by atoms with E-state index in [1.807, 2.05) is 30.3 Å². The molecule has 6 nitrogen and oxygen atoms in total. The van der Waals surface area contributed by atoms with E-state index in [1.165, 1.54) is 0 Å². The van der Waals surface area contributed by atoms with Gasteiger partial charge in [-0.25, -0.2) is 18.0 Å². The zero-order valence-corrected chi connectivity index (χ0v) is 14.5. The molecule has 9 heteroatoms. The van der Waals surface area contributed by atoms with Crippen LogP contribution in [0.5, 0.6) is 0 Å². The lowest BCUT2D eigenvalue weighted by Crippen LogP contribution is -2.35. The Morgan fingerprint density at radius 1 is 1.04 bits per heavy atom. The van der Waals surface area contributed by atoms with Gasteiger partial charge in [0.25, 0.3) is 5.91 Å². The van der Waals surface area contributed by atoms with Crippen LogP contribution in [0.2, 0.25) is 0 Å². The Balaban J connectivity index is 1.59. The molecule has 0 radical (unpaired) electrons. The summed E-state index contributed by atoms with van der Waals surface area (Å²) in [6.07, 6.45) is -0.0101. The lowest BCUT2D eigenvalue weighted by atomic mass is 10.1. The molecule has 1 atom stereocenters. The van der Waals surface area contributed by atoms with Crippen molar-refractivity contribution in [1.82, 2.24) is 10.2 Å². The molecule has 0 bridgehead atoms. The number of carbonyl (C=O) groups excluding carboxylic acids is 3. The van der Waals surface area contributed by atoms with Crippen molar-refractivity contribution >= 4 is 23.5 Å². The van der Waals surface area contributed by atoms with Gasteiger partial charge in [0.1, 0.15) is 6.04 Å². The minimum absolute atomic E-state index is 0.143. The normalized spacial score (nSPS) is 16.2. The van der Waals surface area contributed by atoms with Crippen molar-refractivity contribution < 1.29 is 27.6 Å². The molecule has 1 fully saturated rings. The van der Waals surface area contributed by atoms with Crippen molar-refractivity contribution in [3.05, 3.63) is 65.5 Å². The summed E-state index contributed by atoms with van der Waals surface area (Å²) in [5.74, 6) is -6.05. The van der Waals surface area contributed by atoms with E-state index < -0.39 is 53.4 Å². The van der Waals surface area contributed by atoms with Crippen molar-refractivity contribution in [2.24, 2.45) is 0 Å². The molecule has 3 rings (SSSR count). The van der Waals surface area contributed by atoms with Crippen LogP contribution in [0.4, 0.5) is 23.7 Å². The summed E-state index contributed by atoms with van der Waals surface area (Å²) in [6.45, 7) is 0.143. The van der Waals surface area contributed by atoms with Crippen LogP contribution in [0.1, 0.15) is 12.0 Å². The number of imide groups is 1. The number of halogens is 3. The van der Waals surface area contributed by atoms with Gasteiger partial charge in [-0.05, 0) is 24.1 Å². The highest BCUT2D eigenvalue weighted by molar-refractivity contribution is 6.06. The average Bonchev–Trinajstić information content (AvgIpc) is 2.94. The molecule has 28 heavy (non-hydrogen) atoms. The van der Waals surface area contributed by atoms with Gasteiger partial charge in [-0.15, -0.1) is 0 Å². The molecule has 1 unspecified atom stereocenters. The van der Waals surface area contributed by atoms with E-state index in [9.17, 15) is 27.6 Å². The SMILES string of the molecule is O=C(CC1NC(=O)N(CCc2ccccc2)C1=O)Nc1ccc(F)c(F)c1F. The minimum atomic E-state index is -1.71. The number of rotatable bonds is 6. The highest BCUT2D eigenvalue weighted by atomic mass is 19.2. The van der Waals surface area contributed by atoms with Crippen molar-refractivity contribution in [2.45, 2.75) is 18.9 Å². The molecule has 1 heterocycles. The fraction of sp³-hybridized carbons (Fsp3) is 0.211. The van der Waals surface area contributed by atoms with Crippen LogP contribution in [-0.2, 0) is 16.0 Å². The van der Waals surface area contributed by atoms with E-state index in [1.54, 1.807) is 0 Å². The summed E-state index contributed by atoms with van der Waals surface area (Å²) in [5, 5.41) is 4.46. The number of amides is 4. The van der Waals surface area contributed by atoms with Crippen LogP contribution in [0, 0.1) is 17.5 Å².